The monoisotopic (exact) mass is 686 g/mol. The van der Waals surface area contributed by atoms with Crippen LogP contribution < -0.4 is 4.74 Å². The second-order valence-corrected chi connectivity index (χ2v) is 12.6. The van der Waals surface area contributed by atoms with E-state index in [4.69, 9.17) is 9.47 Å². The Morgan fingerprint density at radius 1 is 1.10 bits per heavy atom. The van der Waals surface area contributed by atoms with Crippen molar-refractivity contribution in [1.82, 2.24) is 4.90 Å². The van der Waals surface area contributed by atoms with Gasteiger partial charge in [0.15, 0.2) is 0 Å². The molecule has 270 valence electrons. The Morgan fingerprint density at radius 2 is 1.88 bits per heavy atom. The molecule has 0 spiro atoms. The third-order valence-corrected chi connectivity index (χ3v) is 8.92. The molecule has 1 aliphatic carbocycles. The lowest BCUT2D eigenvalue weighted by Crippen LogP contribution is -2.35. The molecule has 0 aromatic heterocycles. The van der Waals surface area contributed by atoms with E-state index >= 15 is 0 Å². The van der Waals surface area contributed by atoms with Crippen molar-refractivity contribution in [2.24, 2.45) is 17.8 Å². The molecule has 14 heteroatoms. The Bertz CT molecular complexity index is 1170. The number of carbonyl (C=O) groups is 1. The van der Waals surface area contributed by atoms with E-state index in [0.29, 0.717) is 44.6 Å². The standard InChI is InChI=1S/C34H49F3N2O9/c35-34(36,37)26-9-5-10-28(22-26)47-24-27(40)13-14-30-29(31(41)23-32(30)42)11-3-1-2-4-12-33(43)46-20-7-17-38-18-15-25(16-19-38)8-6-21-48-39(44)45/h1,3,5,9-10,13-14,22,25,27,29-32,40-42H,2,4,6-8,11-12,15-21,23-24H2/b3-1-,14-13+/t27-,29-,30-,31+,32-/m1/s1. The first-order valence-corrected chi connectivity index (χ1v) is 16.7. The minimum atomic E-state index is -4.50. The summed E-state index contributed by atoms with van der Waals surface area (Å²) in [5.41, 5.74) is -0.848. The zero-order valence-electron chi connectivity index (χ0n) is 27.2. The summed E-state index contributed by atoms with van der Waals surface area (Å²) in [6.45, 7) is 3.04. The number of halogens is 3. The average Bonchev–Trinajstić information content (AvgIpc) is 3.32. The van der Waals surface area contributed by atoms with Crippen LogP contribution in [0.5, 0.6) is 5.75 Å². The van der Waals surface area contributed by atoms with Crippen molar-refractivity contribution >= 4 is 5.97 Å². The molecule has 0 amide bonds. The molecule has 2 fully saturated rings. The highest BCUT2D eigenvalue weighted by Crippen LogP contribution is 2.36. The van der Waals surface area contributed by atoms with Crippen molar-refractivity contribution in [3.63, 3.8) is 0 Å². The summed E-state index contributed by atoms with van der Waals surface area (Å²) >= 11 is 0. The number of alkyl halides is 3. The van der Waals surface area contributed by atoms with E-state index in [-0.39, 0.29) is 37.3 Å². The third kappa shape index (κ3) is 14.5. The number of piperidine rings is 1. The van der Waals surface area contributed by atoms with Crippen LogP contribution in [0, 0.1) is 27.9 Å². The molecule has 11 nitrogen and oxygen atoms in total. The zero-order chi connectivity index (χ0) is 34.9. The molecule has 1 saturated carbocycles. The maximum Gasteiger partial charge on any atom is 0.416 e. The number of ether oxygens (including phenoxy) is 2. The van der Waals surface area contributed by atoms with Gasteiger partial charge in [-0.05, 0) is 94.5 Å². The quantitative estimate of drug-likeness (QED) is 0.0555. The number of esters is 1. The summed E-state index contributed by atoms with van der Waals surface area (Å²) in [5, 5.41) is 40.7. The van der Waals surface area contributed by atoms with Gasteiger partial charge in [0.1, 0.15) is 18.5 Å². The second kappa shape index (κ2) is 20.3. The van der Waals surface area contributed by atoms with Crippen LogP contribution in [0.1, 0.15) is 69.8 Å². The molecule has 1 heterocycles. The van der Waals surface area contributed by atoms with Gasteiger partial charge in [0, 0.05) is 25.3 Å². The lowest BCUT2D eigenvalue weighted by Gasteiger charge is -2.31. The largest absolute Gasteiger partial charge is 0.491 e. The fourth-order valence-corrected chi connectivity index (χ4v) is 6.25. The molecule has 0 radical (unpaired) electrons. The normalized spacial score (nSPS) is 23.1. The maximum atomic E-state index is 12.9. The smallest absolute Gasteiger partial charge is 0.416 e. The van der Waals surface area contributed by atoms with Crippen LogP contribution >= 0.6 is 0 Å². The number of aliphatic hydroxyl groups is 3. The molecular weight excluding hydrogens is 637 g/mol. The first-order valence-electron chi connectivity index (χ1n) is 16.7. The third-order valence-electron chi connectivity index (χ3n) is 8.92. The minimum absolute atomic E-state index is 0.0212. The highest BCUT2D eigenvalue weighted by molar-refractivity contribution is 5.69. The molecule has 48 heavy (non-hydrogen) atoms. The minimum Gasteiger partial charge on any atom is -0.491 e. The number of rotatable bonds is 20. The van der Waals surface area contributed by atoms with Gasteiger partial charge in [-0.3, -0.25) is 4.79 Å². The van der Waals surface area contributed by atoms with Crippen molar-refractivity contribution < 1.29 is 52.7 Å². The van der Waals surface area contributed by atoms with Gasteiger partial charge in [-0.1, -0.05) is 30.4 Å². The van der Waals surface area contributed by atoms with Gasteiger partial charge in [0.05, 0.1) is 31.0 Å². The Hall–Kier alpha value is -3.20. The van der Waals surface area contributed by atoms with Gasteiger partial charge in [-0.15, -0.1) is 10.1 Å². The van der Waals surface area contributed by atoms with Crippen molar-refractivity contribution in [2.75, 3.05) is 39.5 Å². The van der Waals surface area contributed by atoms with Crippen molar-refractivity contribution in [2.45, 2.75) is 88.7 Å². The predicted molar refractivity (Wildman–Crippen MR) is 170 cm³/mol. The van der Waals surface area contributed by atoms with E-state index in [0.717, 1.165) is 57.5 Å². The SMILES string of the molecule is O=C(CCC/C=C\C[C@@H]1[C@@H](/C=C/[C@@H](O)COc2cccc(C(F)(F)F)c2)[C@H](O)C[C@@H]1O)OCCCN1CCC(CCCO[N+](=O)[O-])CC1. The van der Waals surface area contributed by atoms with E-state index in [1.807, 2.05) is 12.2 Å². The molecule has 1 aliphatic heterocycles. The fourth-order valence-electron chi connectivity index (χ4n) is 6.25. The number of hydrogen-bond acceptors (Lipinski definition) is 10. The number of allylic oxidation sites excluding steroid dienone is 2. The summed E-state index contributed by atoms with van der Waals surface area (Å²) < 4.78 is 49.4. The van der Waals surface area contributed by atoms with Crippen LogP contribution in [0.3, 0.4) is 0 Å². The van der Waals surface area contributed by atoms with Crippen LogP contribution in [-0.4, -0.2) is 89.0 Å². The van der Waals surface area contributed by atoms with Gasteiger partial charge >= 0.3 is 12.1 Å². The number of benzene rings is 1. The van der Waals surface area contributed by atoms with E-state index in [1.165, 1.54) is 18.2 Å². The molecule has 2 aliphatic rings. The first kappa shape index (κ1) is 39.2. The Balaban J connectivity index is 1.26. The van der Waals surface area contributed by atoms with Gasteiger partial charge < -0.3 is 34.5 Å². The van der Waals surface area contributed by atoms with Crippen LogP contribution in [0.15, 0.2) is 48.6 Å². The number of nitrogens with zero attached hydrogens (tertiary/aromatic N) is 2. The molecule has 0 bridgehead atoms. The summed E-state index contributed by atoms with van der Waals surface area (Å²) in [5.74, 6) is -0.402. The van der Waals surface area contributed by atoms with E-state index in [1.54, 1.807) is 6.08 Å². The number of likely N-dealkylation sites (tertiary alicyclic amines) is 1. The number of carbonyl (C=O) groups excluding carboxylic acids is 1. The van der Waals surface area contributed by atoms with Crippen molar-refractivity contribution in [1.29, 1.82) is 0 Å². The van der Waals surface area contributed by atoms with Crippen molar-refractivity contribution in [3.8, 4) is 5.75 Å². The zero-order valence-corrected chi connectivity index (χ0v) is 27.2. The molecular formula is C34H49F3N2O9. The maximum absolute atomic E-state index is 12.9. The lowest BCUT2D eigenvalue weighted by molar-refractivity contribution is -0.757. The fraction of sp³-hybridized carbons (Fsp3) is 0.676. The van der Waals surface area contributed by atoms with Crippen LogP contribution in [0.4, 0.5) is 13.2 Å². The van der Waals surface area contributed by atoms with Gasteiger partial charge in [-0.2, -0.15) is 13.2 Å². The Morgan fingerprint density at radius 3 is 2.60 bits per heavy atom. The summed E-state index contributed by atoms with van der Waals surface area (Å²) in [6, 6.07) is 4.39. The first-order chi connectivity index (χ1) is 22.9. The molecule has 1 saturated heterocycles. The topological polar surface area (TPSA) is 152 Å². The number of hydrogen-bond donors (Lipinski definition) is 3. The molecule has 1 aromatic rings. The molecule has 1 aromatic carbocycles. The molecule has 5 atom stereocenters. The van der Waals surface area contributed by atoms with Gasteiger partial charge in [-0.25, -0.2) is 0 Å². The highest BCUT2D eigenvalue weighted by Gasteiger charge is 2.39. The van der Waals surface area contributed by atoms with Crippen LogP contribution in [-0.2, 0) is 20.5 Å². The molecule has 0 unspecified atom stereocenters. The average molecular weight is 687 g/mol. The van der Waals surface area contributed by atoms with Crippen LogP contribution in [0.2, 0.25) is 0 Å². The van der Waals surface area contributed by atoms with Gasteiger partial charge in [0.2, 0.25) is 0 Å². The van der Waals surface area contributed by atoms with E-state index in [9.17, 15) is 43.4 Å². The Labute approximate surface area is 279 Å². The number of unbranched alkanes of at least 4 members (excludes halogenated alkanes) is 1. The summed E-state index contributed by atoms with van der Waals surface area (Å²) in [4.78, 5) is 29.1. The van der Waals surface area contributed by atoms with E-state index < -0.39 is 41.1 Å². The van der Waals surface area contributed by atoms with E-state index in [2.05, 4.69) is 9.74 Å². The van der Waals surface area contributed by atoms with Crippen LogP contribution in [0.25, 0.3) is 0 Å². The molecule has 3 N–H and O–H groups in total. The summed E-state index contributed by atoms with van der Waals surface area (Å²) in [7, 11) is 0. The molecule has 3 rings (SSSR count). The predicted octanol–water partition coefficient (Wildman–Crippen LogP) is 5.11. The van der Waals surface area contributed by atoms with Gasteiger partial charge in [0.25, 0.3) is 5.09 Å². The highest BCUT2D eigenvalue weighted by atomic mass is 19.4. The summed E-state index contributed by atoms with van der Waals surface area (Å²) in [6.07, 6.45) is 6.46. The van der Waals surface area contributed by atoms with Crippen molar-refractivity contribution in [3.05, 3.63) is 64.2 Å². The number of aliphatic hydroxyl groups excluding tert-OH is 3. The second-order valence-electron chi connectivity index (χ2n) is 12.6. The lowest BCUT2D eigenvalue weighted by atomic mass is 9.89. The Kier molecular flexibility index (Phi) is 16.6.